The maximum Gasteiger partial charge on any atom is 0.134 e. The van der Waals surface area contributed by atoms with E-state index in [0.29, 0.717) is 0 Å². The summed E-state index contributed by atoms with van der Waals surface area (Å²) in [6, 6.07) is 8.26. The standard InChI is InChI=1S/C14H19NO2/c1-10-12-6-3-4-7-13(12)17-14(10)11(2)15-8-5-9-16/h3-4,6-7,11,15-16H,5,8-9H2,1-2H3. The van der Waals surface area contributed by atoms with Crippen molar-refractivity contribution in [2.24, 2.45) is 0 Å². The van der Waals surface area contributed by atoms with Crippen molar-refractivity contribution in [3.63, 3.8) is 0 Å². The van der Waals surface area contributed by atoms with Gasteiger partial charge in [0.15, 0.2) is 0 Å². The average molecular weight is 233 g/mol. The van der Waals surface area contributed by atoms with Crippen molar-refractivity contribution in [2.75, 3.05) is 13.2 Å². The first kappa shape index (κ1) is 12.1. The quantitative estimate of drug-likeness (QED) is 0.780. The van der Waals surface area contributed by atoms with Gasteiger partial charge in [-0.3, -0.25) is 0 Å². The van der Waals surface area contributed by atoms with Gasteiger partial charge in [-0.05, 0) is 38.4 Å². The highest BCUT2D eigenvalue weighted by atomic mass is 16.3. The molecule has 0 aliphatic rings. The highest BCUT2D eigenvalue weighted by molar-refractivity contribution is 5.82. The number of benzene rings is 1. The molecule has 1 aromatic carbocycles. The van der Waals surface area contributed by atoms with Crippen LogP contribution in [0.4, 0.5) is 0 Å². The van der Waals surface area contributed by atoms with E-state index in [2.05, 4.69) is 25.2 Å². The van der Waals surface area contributed by atoms with Gasteiger partial charge in [0, 0.05) is 12.0 Å². The third-order valence-electron chi connectivity index (χ3n) is 3.06. The number of aliphatic hydroxyl groups is 1. The lowest BCUT2D eigenvalue weighted by Gasteiger charge is -2.11. The third kappa shape index (κ3) is 2.51. The molecule has 0 bridgehead atoms. The van der Waals surface area contributed by atoms with E-state index in [1.807, 2.05) is 18.2 Å². The molecule has 17 heavy (non-hydrogen) atoms. The average Bonchev–Trinajstić information content (AvgIpc) is 2.68. The van der Waals surface area contributed by atoms with E-state index >= 15 is 0 Å². The number of hydrogen-bond acceptors (Lipinski definition) is 3. The predicted molar refractivity (Wildman–Crippen MR) is 69.1 cm³/mol. The lowest BCUT2D eigenvalue weighted by Crippen LogP contribution is -2.20. The summed E-state index contributed by atoms with van der Waals surface area (Å²) < 4.78 is 5.87. The van der Waals surface area contributed by atoms with Crippen LogP contribution in [-0.2, 0) is 0 Å². The van der Waals surface area contributed by atoms with Crippen molar-refractivity contribution >= 4 is 11.0 Å². The molecule has 0 saturated carbocycles. The summed E-state index contributed by atoms with van der Waals surface area (Å²) in [5.41, 5.74) is 2.14. The molecular weight excluding hydrogens is 214 g/mol. The molecule has 0 fully saturated rings. The zero-order valence-corrected chi connectivity index (χ0v) is 10.4. The summed E-state index contributed by atoms with van der Waals surface area (Å²) in [6.07, 6.45) is 0.767. The SMILES string of the molecule is Cc1c(C(C)NCCCO)oc2ccccc12. The Labute approximate surface area is 101 Å². The lowest BCUT2D eigenvalue weighted by atomic mass is 10.1. The van der Waals surface area contributed by atoms with Crippen LogP contribution in [0.5, 0.6) is 0 Å². The van der Waals surface area contributed by atoms with Gasteiger partial charge in [-0.2, -0.15) is 0 Å². The Hall–Kier alpha value is -1.32. The van der Waals surface area contributed by atoms with Gasteiger partial charge in [0.05, 0.1) is 6.04 Å². The molecule has 0 aliphatic heterocycles. The number of rotatable bonds is 5. The van der Waals surface area contributed by atoms with Crippen molar-refractivity contribution in [2.45, 2.75) is 26.3 Å². The number of fused-ring (bicyclic) bond motifs is 1. The van der Waals surface area contributed by atoms with Crippen molar-refractivity contribution in [1.82, 2.24) is 5.32 Å². The van der Waals surface area contributed by atoms with Crippen molar-refractivity contribution < 1.29 is 9.52 Å². The van der Waals surface area contributed by atoms with Gasteiger partial charge in [0.2, 0.25) is 0 Å². The van der Waals surface area contributed by atoms with Crippen LogP contribution in [0, 0.1) is 6.92 Å². The van der Waals surface area contributed by atoms with Crippen LogP contribution >= 0.6 is 0 Å². The molecule has 0 aliphatic carbocycles. The van der Waals surface area contributed by atoms with Gasteiger partial charge in [-0.25, -0.2) is 0 Å². The minimum atomic E-state index is 0.175. The van der Waals surface area contributed by atoms with Crippen LogP contribution < -0.4 is 5.32 Å². The summed E-state index contributed by atoms with van der Waals surface area (Å²) in [4.78, 5) is 0. The van der Waals surface area contributed by atoms with Crippen LogP contribution in [0.25, 0.3) is 11.0 Å². The van der Waals surface area contributed by atoms with Crippen molar-refractivity contribution in [1.29, 1.82) is 0 Å². The maximum atomic E-state index is 8.76. The van der Waals surface area contributed by atoms with Crippen LogP contribution in [0.15, 0.2) is 28.7 Å². The highest BCUT2D eigenvalue weighted by Gasteiger charge is 2.15. The first-order chi connectivity index (χ1) is 8.24. The van der Waals surface area contributed by atoms with Gasteiger partial charge in [0.1, 0.15) is 11.3 Å². The molecule has 3 nitrogen and oxygen atoms in total. The van der Waals surface area contributed by atoms with Crippen LogP contribution in [-0.4, -0.2) is 18.3 Å². The summed E-state index contributed by atoms with van der Waals surface area (Å²) in [7, 11) is 0. The molecule has 1 heterocycles. The fourth-order valence-electron chi connectivity index (χ4n) is 2.10. The molecule has 0 spiro atoms. The number of nitrogens with one attached hydrogen (secondary N) is 1. The molecule has 0 saturated heterocycles. The van der Waals surface area contributed by atoms with Gasteiger partial charge < -0.3 is 14.8 Å². The zero-order chi connectivity index (χ0) is 12.3. The molecule has 2 N–H and O–H groups in total. The van der Waals surface area contributed by atoms with Gasteiger partial charge in [0.25, 0.3) is 0 Å². The Bertz CT molecular complexity index is 490. The second-order valence-electron chi connectivity index (χ2n) is 4.34. The second-order valence-corrected chi connectivity index (χ2v) is 4.34. The van der Waals surface area contributed by atoms with Crippen molar-refractivity contribution in [3.05, 3.63) is 35.6 Å². The second kappa shape index (κ2) is 5.34. The summed E-state index contributed by atoms with van der Waals surface area (Å²) in [6.45, 7) is 5.19. The van der Waals surface area contributed by atoms with Crippen molar-refractivity contribution in [3.8, 4) is 0 Å². The van der Waals surface area contributed by atoms with E-state index in [1.165, 1.54) is 10.9 Å². The zero-order valence-electron chi connectivity index (χ0n) is 10.4. The van der Waals surface area contributed by atoms with E-state index in [4.69, 9.17) is 9.52 Å². The molecule has 3 heteroatoms. The number of para-hydroxylation sites is 1. The highest BCUT2D eigenvalue weighted by Crippen LogP contribution is 2.28. The number of aliphatic hydroxyl groups excluding tert-OH is 1. The monoisotopic (exact) mass is 233 g/mol. The van der Waals surface area contributed by atoms with E-state index in [-0.39, 0.29) is 12.6 Å². The third-order valence-corrected chi connectivity index (χ3v) is 3.06. The molecule has 2 aromatic rings. The van der Waals surface area contributed by atoms with E-state index in [9.17, 15) is 0 Å². The first-order valence-corrected chi connectivity index (χ1v) is 6.06. The van der Waals surface area contributed by atoms with E-state index < -0.39 is 0 Å². The predicted octanol–water partition coefficient (Wildman–Crippen LogP) is 2.77. The Morgan fingerprint density at radius 2 is 2.12 bits per heavy atom. The minimum absolute atomic E-state index is 0.175. The van der Waals surface area contributed by atoms with Crippen LogP contribution in [0.2, 0.25) is 0 Å². The molecule has 0 amide bonds. The Morgan fingerprint density at radius 3 is 2.82 bits per heavy atom. The largest absolute Gasteiger partial charge is 0.459 e. The molecule has 0 radical (unpaired) electrons. The lowest BCUT2D eigenvalue weighted by molar-refractivity contribution is 0.282. The first-order valence-electron chi connectivity index (χ1n) is 6.06. The smallest absolute Gasteiger partial charge is 0.134 e. The molecule has 1 atom stereocenters. The maximum absolute atomic E-state index is 8.76. The summed E-state index contributed by atoms with van der Waals surface area (Å²) in [5, 5.41) is 13.3. The number of furan rings is 1. The van der Waals surface area contributed by atoms with Crippen LogP contribution in [0.3, 0.4) is 0 Å². The fraction of sp³-hybridized carbons (Fsp3) is 0.429. The van der Waals surface area contributed by atoms with E-state index in [1.54, 1.807) is 0 Å². The van der Waals surface area contributed by atoms with Crippen LogP contribution in [0.1, 0.15) is 30.7 Å². The normalized spacial score (nSPS) is 13.1. The Kier molecular flexibility index (Phi) is 3.82. The molecule has 92 valence electrons. The molecular formula is C14H19NO2. The van der Waals surface area contributed by atoms with E-state index in [0.717, 1.165) is 24.3 Å². The number of hydrogen-bond donors (Lipinski definition) is 2. The van der Waals surface area contributed by atoms with Gasteiger partial charge in [-0.1, -0.05) is 18.2 Å². The minimum Gasteiger partial charge on any atom is -0.459 e. The molecule has 1 aromatic heterocycles. The van der Waals surface area contributed by atoms with Gasteiger partial charge in [-0.15, -0.1) is 0 Å². The summed E-state index contributed by atoms with van der Waals surface area (Å²) in [5.74, 6) is 0.990. The summed E-state index contributed by atoms with van der Waals surface area (Å²) >= 11 is 0. The Morgan fingerprint density at radius 1 is 1.35 bits per heavy atom. The van der Waals surface area contributed by atoms with Gasteiger partial charge >= 0.3 is 0 Å². The fourth-order valence-corrected chi connectivity index (χ4v) is 2.10. The Balaban J connectivity index is 2.20. The topological polar surface area (TPSA) is 45.4 Å². The number of aryl methyl sites for hydroxylation is 1. The molecule has 1 unspecified atom stereocenters. The molecule has 2 rings (SSSR count).